The summed E-state index contributed by atoms with van der Waals surface area (Å²) in [6.07, 6.45) is 0. The Morgan fingerprint density at radius 2 is 2.15 bits per heavy atom. The molecule has 0 bridgehead atoms. The summed E-state index contributed by atoms with van der Waals surface area (Å²) in [6.45, 7) is 6.27. The number of ether oxygens (including phenoxy) is 1. The second-order valence-corrected chi connectivity index (χ2v) is 6.39. The van der Waals surface area contributed by atoms with Crippen molar-refractivity contribution in [3.8, 4) is 0 Å². The lowest BCUT2D eigenvalue weighted by atomic mass is 10.2. The third-order valence-electron chi connectivity index (χ3n) is 4.53. The zero-order valence-corrected chi connectivity index (χ0v) is 15.4. The summed E-state index contributed by atoms with van der Waals surface area (Å²) < 4.78 is 6.91. The van der Waals surface area contributed by atoms with E-state index in [2.05, 4.69) is 15.6 Å². The van der Waals surface area contributed by atoms with Crippen LogP contribution in [-0.2, 0) is 16.1 Å². The number of rotatable bonds is 8. The molecule has 2 aromatic rings. The van der Waals surface area contributed by atoms with Crippen LogP contribution in [0.1, 0.15) is 17.3 Å². The van der Waals surface area contributed by atoms with Crippen LogP contribution in [0.3, 0.4) is 0 Å². The quantitative estimate of drug-likeness (QED) is 0.541. The largest absolute Gasteiger partial charge is 0.380 e. The number of carbonyl (C=O) groups is 2. The molecular weight excluding hydrogens is 350 g/mol. The molecule has 0 radical (unpaired) electrons. The first-order chi connectivity index (χ1) is 13.1. The first kappa shape index (κ1) is 19.1. The van der Waals surface area contributed by atoms with E-state index in [0.717, 1.165) is 12.1 Å². The van der Waals surface area contributed by atoms with Crippen molar-refractivity contribution in [2.45, 2.75) is 13.5 Å². The minimum Gasteiger partial charge on any atom is -0.380 e. The number of aromatic nitrogens is 2. The summed E-state index contributed by atoms with van der Waals surface area (Å²) in [6, 6.07) is 5.15. The zero-order valence-electron chi connectivity index (χ0n) is 15.4. The summed E-state index contributed by atoms with van der Waals surface area (Å²) >= 11 is 0. The minimum absolute atomic E-state index is 0.0100. The van der Waals surface area contributed by atoms with Crippen molar-refractivity contribution in [3.05, 3.63) is 34.2 Å². The van der Waals surface area contributed by atoms with Crippen LogP contribution in [-0.4, -0.2) is 72.2 Å². The number of H-pyrrole nitrogens is 1. The molecule has 1 aliphatic heterocycles. The molecule has 0 spiro atoms. The molecule has 0 atom stereocenters. The van der Waals surface area contributed by atoms with Crippen molar-refractivity contribution in [1.29, 1.82) is 0 Å². The molecule has 1 saturated heterocycles. The number of amides is 2. The van der Waals surface area contributed by atoms with Crippen molar-refractivity contribution in [1.82, 2.24) is 25.1 Å². The monoisotopic (exact) mass is 375 g/mol. The van der Waals surface area contributed by atoms with E-state index in [9.17, 15) is 14.4 Å². The topological polar surface area (TPSA) is 108 Å². The van der Waals surface area contributed by atoms with Gasteiger partial charge in [-0.2, -0.15) is 0 Å². The minimum atomic E-state index is -0.217. The molecule has 3 N–H and O–H groups in total. The number of piperazine rings is 1. The van der Waals surface area contributed by atoms with Gasteiger partial charge in [-0.1, -0.05) is 0 Å². The zero-order chi connectivity index (χ0) is 19.2. The molecule has 1 aromatic carbocycles. The van der Waals surface area contributed by atoms with Gasteiger partial charge in [0.2, 0.25) is 5.91 Å². The molecule has 9 nitrogen and oxygen atoms in total. The summed E-state index contributed by atoms with van der Waals surface area (Å²) in [5.41, 5.74) is 1.63. The van der Waals surface area contributed by atoms with Crippen LogP contribution in [0, 0.1) is 0 Å². The molecule has 27 heavy (non-hydrogen) atoms. The van der Waals surface area contributed by atoms with Crippen molar-refractivity contribution < 1.29 is 14.3 Å². The maximum atomic E-state index is 12.4. The highest BCUT2D eigenvalue weighted by Gasteiger charge is 2.16. The van der Waals surface area contributed by atoms with Gasteiger partial charge in [0.1, 0.15) is 0 Å². The molecule has 0 aliphatic carbocycles. The summed E-state index contributed by atoms with van der Waals surface area (Å²) in [5, 5.41) is 5.63. The van der Waals surface area contributed by atoms with Gasteiger partial charge in [0.15, 0.2) is 0 Å². The Kier molecular flexibility index (Phi) is 6.25. The fraction of sp³-hybridized carbons (Fsp3) is 0.500. The maximum Gasteiger partial charge on any atom is 0.326 e. The van der Waals surface area contributed by atoms with Gasteiger partial charge in [-0.05, 0) is 25.1 Å². The second-order valence-electron chi connectivity index (χ2n) is 6.39. The Balaban J connectivity index is 1.60. The van der Waals surface area contributed by atoms with E-state index in [1.807, 2.05) is 11.8 Å². The normalized spacial score (nSPS) is 15.1. The average Bonchev–Trinajstić information content (AvgIpc) is 2.96. The van der Waals surface area contributed by atoms with Crippen LogP contribution < -0.4 is 16.3 Å². The standard InChI is InChI=1S/C18H25N5O4/c1-2-27-10-9-23-15-4-3-13(11-14(15)21-18(23)26)17(25)20-6-8-22-7-5-19-16(24)12-22/h3-4,11H,2,5-10,12H2,1H3,(H,19,24)(H,20,25)(H,21,26). The fourth-order valence-corrected chi connectivity index (χ4v) is 3.14. The lowest BCUT2D eigenvalue weighted by Gasteiger charge is -2.26. The van der Waals surface area contributed by atoms with Gasteiger partial charge < -0.3 is 20.4 Å². The van der Waals surface area contributed by atoms with Gasteiger partial charge in [0.05, 0.1) is 30.7 Å². The van der Waals surface area contributed by atoms with E-state index in [1.54, 1.807) is 22.8 Å². The number of fused-ring (bicyclic) bond motifs is 1. The van der Waals surface area contributed by atoms with E-state index >= 15 is 0 Å². The van der Waals surface area contributed by atoms with Crippen LogP contribution in [0.5, 0.6) is 0 Å². The molecule has 1 aliphatic rings. The van der Waals surface area contributed by atoms with Crippen LogP contribution >= 0.6 is 0 Å². The highest BCUT2D eigenvalue weighted by Crippen LogP contribution is 2.13. The van der Waals surface area contributed by atoms with E-state index in [0.29, 0.717) is 57.0 Å². The third-order valence-corrected chi connectivity index (χ3v) is 4.53. The predicted octanol–water partition coefficient (Wildman–Crippen LogP) is -0.472. The second kappa shape index (κ2) is 8.83. The van der Waals surface area contributed by atoms with Crippen LogP contribution in [0.25, 0.3) is 11.0 Å². The number of aromatic amines is 1. The molecule has 3 rings (SSSR count). The van der Waals surface area contributed by atoms with Gasteiger partial charge in [-0.15, -0.1) is 0 Å². The molecular formula is C18H25N5O4. The van der Waals surface area contributed by atoms with Gasteiger partial charge >= 0.3 is 5.69 Å². The molecule has 1 fully saturated rings. The van der Waals surface area contributed by atoms with Gasteiger partial charge in [0, 0.05) is 38.3 Å². The first-order valence-electron chi connectivity index (χ1n) is 9.16. The maximum absolute atomic E-state index is 12.4. The number of hydrogen-bond acceptors (Lipinski definition) is 5. The van der Waals surface area contributed by atoms with Crippen LogP contribution in [0.15, 0.2) is 23.0 Å². The summed E-state index contributed by atoms with van der Waals surface area (Å²) in [5.74, 6) is -0.197. The summed E-state index contributed by atoms with van der Waals surface area (Å²) in [4.78, 5) is 40.6. The van der Waals surface area contributed by atoms with Crippen molar-refractivity contribution >= 4 is 22.8 Å². The lowest BCUT2D eigenvalue weighted by molar-refractivity contribution is -0.124. The van der Waals surface area contributed by atoms with E-state index in [1.165, 1.54) is 0 Å². The Morgan fingerprint density at radius 3 is 2.93 bits per heavy atom. The molecule has 146 valence electrons. The van der Waals surface area contributed by atoms with Crippen LogP contribution in [0.4, 0.5) is 0 Å². The molecule has 0 unspecified atom stereocenters. The fourth-order valence-electron chi connectivity index (χ4n) is 3.14. The van der Waals surface area contributed by atoms with Crippen molar-refractivity contribution in [2.24, 2.45) is 0 Å². The highest BCUT2D eigenvalue weighted by atomic mass is 16.5. The molecule has 1 aromatic heterocycles. The smallest absolute Gasteiger partial charge is 0.326 e. The van der Waals surface area contributed by atoms with Crippen molar-refractivity contribution in [2.75, 3.05) is 45.9 Å². The number of nitrogens with one attached hydrogen (secondary N) is 3. The number of carbonyl (C=O) groups excluding carboxylic acids is 2. The molecule has 0 saturated carbocycles. The number of imidazole rings is 1. The van der Waals surface area contributed by atoms with Gasteiger partial charge in [-0.25, -0.2) is 4.79 Å². The average molecular weight is 375 g/mol. The SMILES string of the molecule is CCOCCn1c(=O)[nH]c2cc(C(=O)NCCN3CCNC(=O)C3)ccc21. The Morgan fingerprint density at radius 1 is 1.30 bits per heavy atom. The van der Waals surface area contributed by atoms with Gasteiger partial charge in [0.25, 0.3) is 5.91 Å². The number of nitrogens with zero attached hydrogens (tertiary/aromatic N) is 2. The Labute approximate surface area is 156 Å². The number of benzene rings is 1. The summed E-state index contributed by atoms with van der Waals surface area (Å²) in [7, 11) is 0. The van der Waals surface area contributed by atoms with Crippen LogP contribution in [0.2, 0.25) is 0 Å². The van der Waals surface area contributed by atoms with Gasteiger partial charge in [-0.3, -0.25) is 19.1 Å². The van der Waals surface area contributed by atoms with E-state index in [-0.39, 0.29) is 17.5 Å². The molecule has 2 amide bonds. The molecule has 2 heterocycles. The molecule has 9 heteroatoms. The lowest BCUT2D eigenvalue weighted by Crippen LogP contribution is -2.49. The first-order valence-corrected chi connectivity index (χ1v) is 9.16. The highest BCUT2D eigenvalue weighted by molar-refractivity contribution is 5.97. The Bertz CT molecular complexity index is 872. The van der Waals surface area contributed by atoms with E-state index < -0.39 is 0 Å². The van der Waals surface area contributed by atoms with Crippen molar-refractivity contribution in [3.63, 3.8) is 0 Å². The number of hydrogen-bond donors (Lipinski definition) is 3. The Hall–Kier alpha value is -2.65. The van der Waals surface area contributed by atoms with E-state index in [4.69, 9.17) is 4.74 Å². The predicted molar refractivity (Wildman–Crippen MR) is 101 cm³/mol. The third kappa shape index (κ3) is 4.75.